The second-order valence-electron chi connectivity index (χ2n) is 5.37. The van der Waals surface area contributed by atoms with E-state index in [0.717, 1.165) is 25.7 Å². The van der Waals surface area contributed by atoms with E-state index in [4.69, 9.17) is 4.74 Å². The van der Waals surface area contributed by atoms with E-state index >= 15 is 0 Å². The van der Waals surface area contributed by atoms with Gasteiger partial charge in [0.1, 0.15) is 5.60 Å². The van der Waals surface area contributed by atoms with Crippen molar-refractivity contribution in [3.05, 3.63) is 0 Å². The van der Waals surface area contributed by atoms with E-state index in [9.17, 15) is 4.79 Å². The van der Waals surface area contributed by atoms with Crippen LogP contribution in [0.3, 0.4) is 0 Å². The molecule has 2 aliphatic carbocycles. The van der Waals surface area contributed by atoms with E-state index in [1.807, 2.05) is 0 Å². The van der Waals surface area contributed by atoms with Crippen LogP contribution in [-0.4, -0.2) is 18.5 Å². The molecule has 2 unspecified atom stereocenters. The Balaban J connectivity index is 2.26. The van der Waals surface area contributed by atoms with Crippen LogP contribution in [0.1, 0.15) is 46.0 Å². The van der Waals surface area contributed by atoms with E-state index in [-0.39, 0.29) is 0 Å². The summed E-state index contributed by atoms with van der Waals surface area (Å²) >= 11 is 0. The summed E-state index contributed by atoms with van der Waals surface area (Å²) in [5.41, 5.74) is -0.459. The highest BCUT2D eigenvalue weighted by Gasteiger charge is 2.53. The van der Waals surface area contributed by atoms with Crippen LogP contribution in [0.4, 0.5) is 0 Å². The molecular formula is C13H22O2. The Morgan fingerprint density at radius 1 is 1.13 bits per heavy atom. The van der Waals surface area contributed by atoms with Crippen molar-refractivity contribution in [2.75, 3.05) is 7.11 Å². The van der Waals surface area contributed by atoms with Crippen LogP contribution in [0.15, 0.2) is 0 Å². The van der Waals surface area contributed by atoms with E-state index in [0.29, 0.717) is 23.5 Å². The van der Waals surface area contributed by atoms with E-state index in [1.165, 1.54) is 6.42 Å². The number of methoxy groups -OCH3 is 1. The molecule has 0 aromatic rings. The third-order valence-electron chi connectivity index (χ3n) is 4.41. The Morgan fingerprint density at radius 2 is 1.67 bits per heavy atom. The maximum Gasteiger partial charge on any atom is 0.168 e. The van der Waals surface area contributed by atoms with Crippen LogP contribution >= 0.6 is 0 Å². The molecule has 0 radical (unpaired) electrons. The topological polar surface area (TPSA) is 26.3 Å². The summed E-state index contributed by atoms with van der Waals surface area (Å²) in [6, 6.07) is 0. The molecule has 2 saturated carbocycles. The van der Waals surface area contributed by atoms with Crippen molar-refractivity contribution >= 4 is 5.78 Å². The zero-order chi connectivity index (χ0) is 11.1. The van der Waals surface area contributed by atoms with Crippen LogP contribution < -0.4 is 0 Å². The van der Waals surface area contributed by atoms with Gasteiger partial charge in [-0.3, -0.25) is 4.79 Å². The minimum absolute atomic E-state index is 0.313. The fourth-order valence-electron chi connectivity index (χ4n) is 3.30. The van der Waals surface area contributed by atoms with Gasteiger partial charge in [-0.2, -0.15) is 0 Å². The van der Waals surface area contributed by atoms with Crippen LogP contribution in [-0.2, 0) is 9.53 Å². The lowest BCUT2D eigenvalue weighted by Gasteiger charge is -2.45. The van der Waals surface area contributed by atoms with Crippen molar-refractivity contribution in [1.82, 2.24) is 0 Å². The smallest absolute Gasteiger partial charge is 0.168 e. The van der Waals surface area contributed by atoms with Crippen molar-refractivity contribution in [3.63, 3.8) is 0 Å². The van der Waals surface area contributed by atoms with Crippen LogP contribution in [0.5, 0.6) is 0 Å². The molecule has 0 aliphatic heterocycles. The monoisotopic (exact) mass is 210 g/mol. The summed E-state index contributed by atoms with van der Waals surface area (Å²) in [5.74, 6) is 1.48. The molecule has 0 aromatic carbocycles. The van der Waals surface area contributed by atoms with Gasteiger partial charge in [-0.15, -0.1) is 0 Å². The Hall–Kier alpha value is -0.370. The lowest BCUT2D eigenvalue weighted by atomic mass is 9.66. The molecule has 0 N–H and O–H groups in total. The molecule has 2 fully saturated rings. The molecule has 0 heterocycles. The van der Waals surface area contributed by atoms with Gasteiger partial charge >= 0.3 is 0 Å². The average Bonchev–Trinajstić information content (AvgIpc) is 3.01. The summed E-state index contributed by atoms with van der Waals surface area (Å²) in [4.78, 5) is 12.4. The summed E-state index contributed by atoms with van der Waals surface area (Å²) in [6.07, 6.45) is 5.69. The molecule has 2 nitrogen and oxygen atoms in total. The molecule has 0 aromatic heterocycles. The van der Waals surface area contributed by atoms with Gasteiger partial charge in [-0.1, -0.05) is 20.3 Å². The molecule has 2 rings (SSSR count). The van der Waals surface area contributed by atoms with E-state index in [1.54, 1.807) is 7.11 Å². The van der Waals surface area contributed by atoms with Crippen LogP contribution in [0, 0.1) is 17.8 Å². The number of Topliss-reactive ketones (excluding diaryl/α,β-unsaturated/α-hetero) is 1. The predicted molar refractivity (Wildman–Crippen MR) is 59.7 cm³/mol. The van der Waals surface area contributed by atoms with Crippen molar-refractivity contribution in [1.29, 1.82) is 0 Å². The van der Waals surface area contributed by atoms with E-state index in [2.05, 4.69) is 13.8 Å². The Bertz CT molecular complexity index is 245. The first kappa shape index (κ1) is 11.1. The highest BCUT2D eigenvalue weighted by atomic mass is 16.5. The summed E-state index contributed by atoms with van der Waals surface area (Å²) in [7, 11) is 1.72. The van der Waals surface area contributed by atoms with Crippen molar-refractivity contribution < 1.29 is 9.53 Å². The average molecular weight is 210 g/mol. The predicted octanol–water partition coefficient (Wildman–Crippen LogP) is 2.81. The fourth-order valence-corrected chi connectivity index (χ4v) is 3.30. The van der Waals surface area contributed by atoms with Gasteiger partial charge in [0.2, 0.25) is 0 Å². The summed E-state index contributed by atoms with van der Waals surface area (Å²) < 4.78 is 5.72. The first-order valence-electron chi connectivity index (χ1n) is 6.22. The van der Waals surface area contributed by atoms with Crippen molar-refractivity contribution in [3.8, 4) is 0 Å². The number of carbonyl (C=O) groups excluding carboxylic acids is 1. The molecule has 0 amide bonds. The van der Waals surface area contributed by atoms with Crippen molar-refractivity contribution in [2.24, 2.45) is 17.8 Å². The summed E-state index contributed by atoms with van der Waals surface area (Å²) in [6.45, 7) is 4.36. The third-order valence-corrected chi connectivity index (χ3v) is 4.41. The minimum atomic E-state index is -0.459. The molecule has 2 atom stereocenters. The number of hydrogen-bond acceptors (Lipinski definition) is 2. The lowest BCUT2D eigenvalue weighted by molar-refractivity contribution is -0.163. The van der Waals surface area contributed by atoms with E-state index < -0.39 is 5.60 Å². The van der Waals surface area contributed by atoms with Gasteiger partial charge in [-0.05, 0) is 37.5 Å². The van der Waals surface area contributed by atoms with Crippen LogP contribution in [0.25, 0.3) is 0 Å². The Kier molecular flexibility index (Phi) is 2.89. The molecule has 0 bridgehead atoms. The summed E-state index contributed by atoms with van der Waals surface area (Å²) in [5, 5.41) is 0. The number of rotatable bonds is 3. The SMILES string of the molecule is COC1(C(=O)C2CC2)C(C)CCCC1C. The highest BCUT2D eigenvalue weighted by Crippen LogP contribution is 2.46. The third kappa shape index (κ3) is 1.63. The molecule has 86 valence electrons. The van der Waals surface area contributed by atoms with Gasteiger partial charge in [0.25, 0.3) is 0 Å². The number of ether oxygens (including phenoxy) is 1. The van der Waals surface area contributed by atoms with Gasteiger partial charge in [0.15, 0.2) is 5.78 Å². The van der Waals surface area contributed by atoms with Crippen molar-refractivity contribution in [2.45, 2.75) is 51.6 Å². The Labute approximate surface area is 92.4 Å². The van der Waals surface area contributed by atoms with Gasteiger partial charge in [0.05, 0.1) is 0 Å². The molecule has 0 saturated heterocycles. The van der Waals surface area contributed by atoms with Gasteiger partial charge in [0, 0.05) is 13.0 Å². The normalized spacial score (nSPS) is 41.5. The lowest BCUT2D eigenvalue weighted by Crippen LogP contribution is -2.54. The number of carbonyl (C=O) groups is 1. The Morgan fingerprint density at radius 3 is 2.07 bits per heavy atom. The standard InChI is InChI=1S/C13H22O2/c1-9-5-4-6-10(2)13(9,15-3)12(14)11-7-8-11/h9-11H,4-8H2,1-3H3. The maximum atomic E-state index is 12.4. The number of ketones is 1. The zero-order valence-corrected chi connectivity index (χ0v) is 10.1. The fraction of sp³-hybridized carbons (Fsp3) is 0.923. The van der Waals surface area contributed by atoms with Crippen LogP contribution in [0.2, 0.25) is 0 Å². The molecule has 15 heavy (non-hydrogen) atoms. The molecular weight excluding hydrogens is 188 g/mol. The minimum Gasteiger partial charge on any atom is -0.370 e. The number of hydrogen-bond donors (Lipinski definition) is 0. The van der Waals surface area contributed by atoms with Gasteiger partial charge in [-0.25, -0.2) is 0 Å². The van der Waals surface area contributed by atoms with Gasteiger partial charge < -0.3 is 4.74 Å². The second-order valence-corrected chi connectivity index (χ2v) is 5.37. The molecule has 2 heteroatoms. The highest BCUT2D eigenvalue weighted by molar-refractivity contribution is 5.92. The first-order chi connectivity index (χ1) is 7.13. The maximum absolute atomic E-state index is 12.4. The first-order valence-corrected chi connectivity index (χ1v) is 6.22. The quantitative estimate of drug-likeness (QED) is 0.716. The zero-order valence-electron chi connectivity index (χ0n) is 10.1. The second kappa shape index (κ2) is 3.89. The molecule has 2 aliphatic rings. The largest absolute Gasteiger partial charge is 0.370 e. The molecule has 0 spiro atoms.